The van der Waals surface area contributed by atoms with Gasteiger partial charge in [-0.15, -0.1) is 10.2 Å². The Balaban J connectivity index is 2.03. The van der Waals surface area contributed by atoms with Crippen molar-refractivity contribution in [1.82, 2.24) is 25.5 Å². The number of hydrogen-bond acceptors (Lipinski definition) is 4. The lowest BCUT2D eigenvalue weighted by Gasteiger charge is -2.17. The number of aryl methyl sites for hydroxylation is 1. The molecule has 2 aromatic carbocycles. The molecule has 1 heterocycles. The van der Waals surface area contributed by atoms with Crippen molar-refractivity contribution in [3.05, 3.63) is 53.6 Å². The van der Waals surface area contributed by atoms with Gasteiger partial charge in [-0.2, -0.15) is 4.80 Å². The van der Waals surface area contributed by atoms with Gasteiger partial charge < -0.3 is 5.32 Å². The Labute approximate surface area is 121 Å². The van der Waals surface area contributed by atoms with Crippen LogP contribution in [0.1, 0.15) is 17.4 Å². The predicted octanol–water partition coefficient (Wildman–Crippen LogP) is 2.01. The van der Waals surface area contributed by atoms with Crippen LogP contribution in [0.15, 0.2) is 36.4 Å². The Bertz CT molecular complexity index is 768. The van der Waals surface area contributed by atoms with Crippen LogP contribution in [-0.2, 0) is 13.5 Å². The highest BCUT2D eigenvalue weighted by atomic mass is 19.1. The molecule has 0 aliphatic heterocycles. The lowest BCUT2D eigenvalue weighted by atomic mass is 9.96. The summed E-state index contributed by atoms with van der Waals surface area (Å²) in [5.41, 5.74) is 1.03. The van der Waals surface area contributed by atoms with Crippen LogP contribution >= 0.6 is 0 Å². The molecular formula is C15H16FN5. The van der Waals surface area contributed by atoms with Gasteiger partial charge in [0.15, 0.2) is 5.82 Å². The van der Waals surface area contributed by atoms with Crippen LogP contribution in [0.25, 0.3) is 10.8 Å². The molecule has 0 amide bonds. The standard InChI is InChI=1S/C15H16FN5/c1-17-14(9-15-18-20-21(2)19-15)12-7-8-13(16)11-6-4-3-5-10(11)12/h3-8,14,17H,9H2,1-2H3. The molecule has 108 valence electrons. The van der Waals surface area contributed by atoms with Crippen molar-refractivity contribution < 1.29 is 4.39 Å². The molecule has 0 aliphatic rings. The molecule has 0 aliphatic carbocycles. The van der Waals surface area contributed by atoms with E-state index in [4.69, 9.17) is 0 Å². The maximum atomic E-state index is 13.9. The number of likely N-dealkylation sites (N-methyl/N-ethyl adjacent to an activating group) is 1. The van der Waals surface area contributed by atoms with Gasteiger partial charge in [0.05, 0.1) is 7.05 Å². The Morgan fingerprint density at radius 2 is 1.95 bits per heavy atom. The Morgan fingerprint density at radius 1 is 1.19 bits per heavy atom. The topological polar surface area (TPSA) is 55.6 Å². The van der Waals surface area contributed by atoms with Crippen molar-refractivity contribution in [1.29, 1.82) is 0 Å². The first-order valence-corrected chi connectivity index (χ1v) is 6.76. The van der Waals surface area contributed by atoms with E-state index in [0.717, 1.165) is 10.9 Å². The van der Waals surface area contributed by atoms with Crippen molar-refractivity contribution in [2.45, 2.75) is 12.5 Å². The average Bonchev–Trinajstić information content (AvgIpc) is 2.91. The van der Waals surface area contributed by atoms with E-state index >= 15 is 0 Å². The fraction of sp³-hybridized carbons (Fsp3) is 0.267. The maximum absolute atomic E-state index is 13.9. The lowest BCUT2D eigenvalue weighted by molar-refractivity contribution is 0.572. The zero-order valence-corrected chi connectivity index (χ0v) is 11.9. The fourth-order valence-corrected chi connectivity index (χ4v) is 2.54. The highest BCUT2D eigenvalue weighted by Gasteiger charge is 2.17. The van der Waals surface area contributed by atoms with Gasteiger partial charge in [0.2, 0.25) is 0 Å². The molecule has 1 N–H and O–H groups in total. The quantitative estimate of drug-likeness (QED) is 0.796. The van der Waals surface area contributed by atoms with Crippen molar-refractivity contribution >= 4 is 10.8 Å². The minimum Gasteiger partial charge on any atom is -0.313 e. The summed E-state index contributed by atoms with van der Waals surface area (Å²) in [6.07, 6.45) is 0.597. The summed E-state index contributed by atoms with van der Waals surface area (Å²) in [6, 6.07) is 10.8. The van der Waals surface area contributed by atoms with Crippen LogP contribution in [-0.4, -0.2) is 27.3 Å². The van der Waals surface area contributed by atoms with E-state index in [1.165, 1.54) is 10.9 Å². The Morgan fingerprint density at radius 3 is 2.62 bits per heavy atom. The van der Waals surface area contributed by atoms with Gasteiger partial charge in [-0.05, 0) is 29.3 Å². The van der Waals surface area contributed by atoms with E-state index in [1.54, 1.807) is 13.1 Å². The molecule has 3 aromatic rings. The molecular weight excluding hydrogens is 269 g/mol. The SMILES string of the molecule is CNC(Cc1nnn(C)n1)c1ccc(F)c2ccccc12. The summed E-state index contributed by atoms with van der Waals surface area (Å²) in [5.74, 6) is 0.451. The molecule has 6 heteroatoms. The number of fused-ring (bicyclic) bond motifs is 1. The molecule has 0 saturated heterocycles. The zero-order valence-electron chi connectivity index (χ0n) is 11.9. The minimum absolute atomic E-state index is 0.000278. The summed E-state index contributed by atoms with van der Waals surface area (Å²) < 4.78 is 13.9. The highest BCUT2D eigenvalue weighted by molar-refractivity contribution is 5.86. The number of benzene rings is 2. The zero-order chi connectivity index (χ0) is 14.8. The number of halogens is 1. The molecule has 5 nitrogen and oxygen atoms in total. The third-order valence-corrected chi connectivity index (χ3v) is 3.56. The average molecular weight is 285 g/mol. The third kappa shape index (κ3) is 2.62. The molecule has 0 fully saturated rings. The highest BCUT2D eigenvalue weighted by Crippen LogP contribution is 2.27. The summed E-state index contributed by atoms with van der Waals surface area (Å²) in [6.45, 7) is 0. The van der Waals surface area contributed by atoms with Crippen molar-refractivity contribution in [2.75, 3.05) is 7.05 Å². The largest absolute Gasteiger partial charge is 0.313 e. The van der Waals surface area contributed by atoms with Gasteiger partial charge in [-0.1, -0.05) is 30.3 Å². The smallest absolute Gasteiger partial charge is 0.176 e. The second-order valence-electron chi connectivity index (χ2n) is 4.92. The number of hydrogen-bond donors (Lipinski definition) is 1. The molecule has 1 aromatic heterocycles. The van der Waals surface area contributed by atoms with E-state index in [9.17, 15) is 4.39 Å². The first-order chi connectivity index (χ1) is 10.2. The molecule has 1 atom stereocenters. The van der Waals surface area contributed by atoms with E-state index in [2.05, 4.69) is 20.7 Å². The van der Waals surface area contributed by atoms with Crippen LogP contribution in [0.2, 0.25) is 0 Å². The summed E-state index contributed by atoms with van der Waals surface area (Å²) in [5, 5.41) is 16.8. The van der Waals surface area contributed by atoms with Crippen LogP contribution in [0, 0.1) is 5.82 Å². The van der Waals surface area contributed by atoms with Crippen molar-refractivity contribution in [3.63, 3.8) is 0 Å². The number of nitrogens with one attached hydrogen (secondary N) is 1. The molecule has 0 spiro atoms. The molecule has 0 radical (unpaired) electrons. The van der Waals surface area contributed by atoms with E-state index in [0.29, 0.717) is 17.6 Å². The van der Waals surface area contributed by atoms with E-state index in [1.807, 2.05) is 31.3 Å². The molecule has 21 heavy (non-hydrogen) atoms. The van der Waals surface area contributed by atoms with Crippen LogP contribution in [0.3, 0.4) is 0 Å². The molecule has 3 rings (SSSR count). The fourth-order valence-electron chi connectivity index (χ4n) is 2.54. The Kier molecular flexibility index (Phi) is 3.62. The first-order valence-electron chi connectivity index (χ1n) is 6.76. The van der Waals surface area contributed by atoms with Gasteiger partial charge in [-0.3, -0.25) is 0 Å². The number of tetrazole rings is 1. The molecule has 1 unspecified atom stereocenters. The van der Waals surface area contributed by atoms with Crippen LogP contribution < -0.4 is 5.32 Å². The van der Waals surface area contributed by atoms with Gasteiger partial charge in [0.25, 0.3) is 0 Å². The van der Waals surface area contributed by atoms with Crippen LogP contribution in [0.4, 0.5) is 4.39 Å². The van der Waals surface area contributed by atoms with Gasteiger partial charge in [-0.25, -0.2) is 4.39 Å². The predicted molar refractivity (Wildman–Crippen MR) is 78.2 cm³/mol. The van der Waals surface area contributed by atoms with Gasteiger partial charge in [0.1, 0.15) is 5.82 Å². The second kappa shape index (κ2) is 5.57. The van der Waals surface area contributed by atoms with E-state index < -0.39 is 0 Å². The van der Waals surface area contributed by atoms with Gasteiger partial charge >= 0.3 is 0 Å². The van der Waals surface area contributed by atoms with Crippen LogP contribution in [0.5, 0.6) is 0 Å². The lowest BCUT2D eigenvalue weighted by Crippen LogP contribution is -2.20. The second-order valence-corrected chi connectivity index (χ2v) is 4.92. The van der Waals surface area contributed by atoms with Gasteiger partial charge in [0, 0.05) is 17.8 Å². The summed E-state index contributed by atoms with van der Waals surface area (Å²) >= 11 is 0. The molecule has 0 bridgehead atoms. The maximum Gasteiger partial charge on any atom is 0.176 e. The number of rotatable bonds is 4. The minimum atomic E-state index is -0.207. The first kappa shape index (κ1) is 13.6. The normalized spacial score (nSPS) is 12.7. The Hall–Kier alpha value is -2.34. The van der Waals surface area contributed by atoms with Crippen molar-refractivity contribution in [2.24, 2.45) is 7.05 Å². The van der Waals surface area contributed by atoms with Crippen molar-refractivity contribution in [3.8, 4) is 0 Å². The summed E-state index contributed by atoms with van der Waals surface area (Å²) in [4.78, 5) is 1.44. The molecule has 0 saturated carbocycles. The number of nitrogens with zero attached hydrogens (tertiary/aromatic N) is 4. The number of aromatic nitrogens is 4. The monoisotopic (exact) mass is 285 g/mol. The van der Waals surface area contributed by atoms with E-state index in [-0.39, 0.29) is 11.9 Å². The third-order valence-electron chi connectivity index (χ3n) is 3.56. The summed E-state index contributed by atoms with van der Waals surface area (Å²) in [7, 11) is 3.61.